The van der Waals surface area contributed by atoms with Crippen molar-refractivity contribution in [2.45, 2.75) is 51.3 Å². The molecule has 3 atom stereocenters. The summed E-state index contributed by atoms with van der Waals surface area (Å²) in [5.74, 6) is -0.570. The number of aliphatic hydroxyl groups is 2. The Labute approximate surface area is 78.5 Å². The van der Waals surface area contributed by atoms with Crippen molar-refractivity contribution in [3.05, 3.63) is 0 Å². The van der Waals surface area contributed by atoms with Gasteiger partial charge in [-0.15, -0.1) is 0 Å². The molecule has 1 unspecified atom stereocenters. The van der Waals surface area contributed by atoms with E-state index in [1.54, 1.807) is 0 Å². The molecule has 1 aliphatic heterocycles. The minimum Gasteiger partial charge on any atom is -0.394 e. The Morgan fingerprint density at radius 3 is 2.38 bits per heavy atom. The molecule has 13 heavy (non-hydrogen) atoms. The van der Waals surface area contributed by atoms with Gasteiger partial charge in [0.25, 0.3) is 0 Å². The Hall–Kier alpha value is -0.160. The summed E-state index contributed by atoms with van der Waals surface area (Å²) in [5, 5.41) is 17.9. The van der Waals surface area contributed by atoms with Crippen LogP contribution in [0.15, 0.2) is 0 Å². The van der Waals surface area contributed by atoms with Gasteiger partial charge in [-0.1, -0.05) is 0 Å². The average Bonchev–Trinajstić information content (AvgIpc) is 2.24. The van der Waals surface area contributed by atoms with Crippen LogP contribution >= 0.6 is 0 Å². The molecule has 1 rings (SSSR count). The number of ether oxygens (including phenoxy) is 2. The van der Waals surface area contributed by atoms with Crippen molar-refractivity contribution >= 4 is 0 Å². The number of aliphatic hydroxyl groups excluding tert-OH is 2. The van der Waals surface area contributed by atoms with E-state index in [2.05, 4.69) is 0 Å². The zero-order valence-electron chi connectivity index (χ0n) is 8.36. The molecule has 4 heteroatoms. The molecular weight excluding hydrogens is 172 g/mol. The Kier molecular flexibility index (Phi) is 3.29. The smallest absolute Gasteiger partial charge is 0.163 e. The lowest BCUT2D eigenvalue weighted by molar-refractivity contribution is -0.147. The van der Waals surface area contributed by atoms with E-state index >= 15 is 0 Å². The van der Waals surface area contributed by atoms with Gasteiger partial charge in [0.05, 0.1) is 24.9 Å². The highest BCUT2D eigenvalue weighted by molar-refractivity contribution is 4.80. The minimum absolute atomic E-state index is 0.0313. The van der Waals surface area contributed by atoms with Gasteiger partial charge < -0.3 is 19.7 Å². The zero-order chi connectivity index (χ0) is 10.1. The molecule has 0 aromatic carbocycles. The predicted octanol–water partition coefficient (Wildman–Crippen LogP) is 0.270. The largest absolute Gasteiger partial charge is 0.394 e. The van der Waals surface area contributed by atoms with Crippen molar-refractivity contribution in [1.29, 1.82) is 0 Å². The monoisotopic (exact) mass is 190 g/mol. The van der Waals surface area contributed by atoms with Gasteiger partial charge in [0, 0.05) is 6.42 Å². The maximum Gasteiger partial charge on any atom is 0.163 e. The Morgan fingerprint density at radius 2 is 2.00 bits per heavy atom. The fourth-order valence-corrected chi connectivity index (χ4v) is 1.59. The first-order chi connectivity index (χ1) is 5.94. The van der Waals surface area contributed by atoms with Crippen molar-refractivity contribution in [1.82, 2.24) is 0 Å². The highest BCUT2D eigenvalue weighted by Crippen LogP contribution is 2.29. The number of hydrogen-bond acceptors (Lipinski definition) is 4. The average molecular weight is 190 g/mol. The third-order valence-corrected chi connectivity index (χ3v) is 2.14. The summed E-state index contributed by atoms with van der Waals surface area (Å²) in [6.07, 6.45) is -0.459. The van der Waals surface area contributed by atoms with Crippen LogP contribution in [0.2, 0.25) is 0 Å². The second-order valence-electron chi connectivity index (χ2n) is 3.95. The molecule has 0 aromatic rings. The first-order valence-electron chi connectivity index (χ1n) is 4.59. The molecule has 0 bridgehead atoms. The van der Waals surface area contributed by atoms with Crippen LogP contribution in [0, 0.1) is 0 Å². The minimum atomic E-state index is -0.718. The van der Waals surface area contributed by atoms with Crippen molar-refractivity contribution in [3.63, 3.8) is 0 Å². The van der Waals surface area contributed by atoms with Crippen molar-refractivity contribution in [2.75, 3.05) is 6.61 Å². The third kappa shape index (κ3) is 2.91. The van der Waals surface area contributed by atoms with Gasteiger partial charge in [-0.3, -0.25) is 0 Å². The summed E-state index contributed by atoms with van der Waals surface area (Å²) >= 11 is 0. The van der Waals surface area contributed by atoms with E-state index in [0.717, 1.165) is 0 Å². The van der Waals surface area contributed by atoms with Gasteiger partial charge >= 0.3 is 0 Å². The summed E-state index contributed by atoms with van der Waals surface area (Å²) in [7, 11) is 0. The van der Waals surface area contributed by atoms with Gasteiger partial charge in [-0.2, -0.15) is 0 Å². The SMILES string of the molecule is C[C@@H]1OC(C)(C)O[C@H]1CC(O)CO. The molecule has 1 heterocycles. The standard InChI is InChI=1S/C9H18O4/c1-6-8(4-7(11)5-10)13-9(2,3)12-6/h6-8,10-11H,4-5H2,1-3H3/t6-,7?,8-/m0/s1. The lowest BCUT2D eigenvalue weighted by atomic mass is 10.1. The van der Waals surface area contributed by atoms with E-state index in [4.69, 9.17) is 14.6 Å². The molecule has 1 aliphatic rings. The van der Waals surface area contributed by atoms with Gasteiger partial charge in [-0.25, -0.2) is 0 Å². The van der Waals surface area contributed by atoms with Crippen molar-refractivity contribution in [3.8, 4) is 0 Å². The first-order valence-corrected chi connectivity index (χ1v) is 4.59. The fraction of sp³-hybridized carbons (Fsp3) is 1.00. The molecule has 1 saturated heterocycles. The van der Waals surface area contributed by atoms with Crippen LogP contribution in [-0.2, 0) is 9.47 Å². The molecule has 2 N–H and O–H groups in total. The molecular formula is C9H18O4. The van der Waals surface area contributed by atoms with Crippen LogP contribution in [0.4, 0.5) is 0 Å². The van der Waals surface area contributed by atoms with Crippen molar-refractivity contribution < 1.29 is 19.7 Å². The van der Waals surface area contributed by atoms with Crippen LogP contribution in [0.1, 0.15) is 27.2 Å². The molecule has 78 valence electrons. The van der Waals surface area contributed by atoms with Gasteiger partial charge in [0.1, 0.15) is 0 Å². The number of rotatable bonds is 3. The van der Waals surface area contributed by atoms with E-state index in [1.807, 2.05) is 20.8 Å². The summed E-state index contributed by atoms with van der Waals surface area (Å²) in [5.41, 5.74) is 0. The molecule has 0 spiro atoms. The second-order valence-corrected chi connectivity index (χ2v) is 3.95. The summed E-state index contributed by atoms with van der Waals surface area (Å²) in [4.78, 5) is 0. The third-order valence-electron chi connectivity index (χ3n) is 2.14. The van der Waals surface area contributed by atoms with E-state index in [0.29, 0.717) is 6.42 Å². The topological polar surface area (TPSA) is 58.9 Å². The van der Waals surface area contributed by atoms with Crippen LogP contribution < -0.4 is 0 Å². The maximum atomic E-state index is 9.22. The molecule has 0 radical (unpaired) electrons. The molecule has 1 fully saturated rings. The Balaban J connectivity index is 2.44. The maximum absolute atomic E-state index is 9.22. The highest BCUT2D eigenvalue weighted by atomic mass is 16.7. The highest BCUT2D eigenvalue weighted by Gasteiger charge is 2.39. The van der Waals surface area contributed by atoms with E-state index in [1.165, 1.54) is 0 Å². The van der Waals surface area contributed by atoms with Gasteiger partial charge in [0.15, 0.2) is 5.79 Å². The first kappa shape index (κ1) is 10.9. The van der Waals surface area contributed by atoms with E-state index in [-0.39, 0.29) is 18.8 Å². The predicted molar refractivity (Wildman–Crippen MR) is 47.2 cm³/mol. The second kappa shape index (κ2) is 3.92. The fourth-order valence-electron chi connectivity index (χ4n) is 1.59. The van der Waals surface area contributed by atoms with Crippen LogP contribution in [0.5, 0.6) is 0 Å². The summed E-state index contributed by atoms with van der Waals surface area (Å²) in [6, 6.07) is 0. The molecule has 0 aliphatic carbocycles. The quantitative estimate of drug-likeness (QED) is 0.670. The van der Waals surface area contributed by atoms with Crippen LogP contribution in [-0.4, -0.2) is 40.9 Å². The summed E-state index contributed by atoms with van der Waals surface area (Å²) in [6.45, 7) is 5.36. The van der Waals surface area contributed by atoms with Crippen molar-refractivity contribution in [2.24, 2.45) is 0 Å². The molecule has 0 aromatic heterocycles. The Morgan fingerprint density at radius 1 is 1.38 bits per heavy atom. The lowest BCUT2D eigenvalue weighted by Gasteiger charge is -2.18. The lowest BCUT2D eigenvalue weighted by Crippen LogP contribution is -2.27. The zero-order valence-corrected chi connectivity index (χ0v) is 8.36. The number of hydrogen-bond donors (Lipinski definition) is 2. The normalized spacial score (nSPS) is 34.8. The molecule has 0 saturated carbocycles. The molecule has 4 nitrogen and oxygen atoms in total. The summed E-state index contributed by atoms with van der Waals surface area (Å²) < 4.78 is 11.0. The van der Waals surface area contributed by atoms with E-state index in [9.17, 15) is 5.11 Å². The van der Waals surface area contributed by atoms with Crippen LogP contribution in [0.3, 0.4) is 0 Å². The van der Waals surface area contributed by atoms with Gasteiger partial charge in [0.2, 0.25) is 0 Å². The van der Waals surface area contributed by atoms with Crippen LogP contribution in [0.25, 0.3) is 0 Å². The Bertz CT molecular complexity index is 169. The molecule has 0 amide bonds. The van der Waals surface area contributed by atoms with E-state index < -0.39 is 11.9 Å². The van der Waals surface area contributed by atoms with Gasteiger partial charge in [-0.05, 0) is 20.8 Å².